The van der Waals surface area contributed by atoms with Gasteiger partial charge in [-0.2, -0.15) is 5.10 Å². The number of benzene rings is 1. The molecule has 0 radical (unpaired) electrons. The van der Waals surface area contributed by atoms with Crippen molar-refractivity contribution in [3.63, 3.8) is 0 Å². The first-order valence-electron chi connectivity index (χ1n) is 4.69. The molecule has 0 aliphatic carbocycles. The molecule has 0 aliphatic rings. The molecule has 2 aromatic rings. The summed E-state index contributed by atoms with van der Waals surface area (Å²) in [5.74, 6) is 0. The van der Waals surface area contributed by atoms with Gasteiger partial charge in [0, 0.05) is 32.7 Å². The number of fused-ring (bicyclic) bond motifs is 1. The van der Waals surface area contributed by atoms with Crippen molar-refractivity contribution in [1.29, 1.82) is 0 Å². The second-order valence-corrected chi connectivity index (χ2v) is 3.92. The van der Waals surface area contributed by atoms with Crippen LogP contribution in [0.1, 0.15) is 5.56 Å². The van der Waals surface area contributed by atoms with E-state index >= 15 is 0 Å². The Balaban J connectivity index is 2.79. The highest BCUT2D eigenvalue weighted by atomic mass is 15.3. The molecular weight excluding hydrogens is 174 g/mol. The Morgan fingerprint density at radius 3 is 2.64 bits per heavy atom. The average Bonchev–Trinajstić information content (AvgIpc) is 2.42. The van der Waals surface area contributed by atoms with Gasteiger partial charge in [0.25, 0.3) is 0 Å². The fraction of sp³-hybridized carbons (Fsp3) is 0.364. The smallest absolute Gasteiger partial charge is 0.116 e. The van der Waals surface area contributed by atoms with Crippen LogP contribution in [-0.4, -0.2) is 23.9 Å². The largest absolute Gasteiger partial charge is 0.376 e. The van der Waals surface area contributed by atoms with Crippen molar-refractivity contribution in [1.82, 2.24) is 9.78 Å². The standard InChI is InChI=1S/C11H15N3/c1-8-5-9-7-14(4)12-11(9)10(6-8)13(2)3/h5-7H,1-4H3. The molecule has 1 heterocycles. The van der Waals surface area contributed by atoms with Gasteiger partial charge in [-0.1, -0.05) is 0 Å². The third kappa shape index (κ3) is 1.35. The molecule has 2 rings (SSSR count). The number of aromatic nitrogens is 2. The lowest BCUT2D eigenvalue weighted by Gasteiger charge is -2.13. The molecule has 3 nitrogen and oxygen atoms in total. The number of hydrogen-bond donors (Lipinski definition) is 0. The van der Waals surface area contributed by atoms with Crippen LogP contribution < -0.4 is 4.90 Å². The lowest BCUT2D eigenvalue weighted by Crippen LogP contribution is -2.09. The maximum atomic E-state index is 4.45. The van der Waals surface area contributed by atoms with Crippen LogP contribution in [0.15, 0.2) is 18.3 Å². The number of rotatable bonds is 1. The Kier molecular flexibility index (Phi) is 1.95. The van der Waals surface area contributed by atoms with Crippen LogP contribution in [0.5, 0.6) is 0 Å². The van der Waals surface area contributed by atoms with Crippen LogP contribution >= 0.6 is 0 Å². The first-order chi connectivity index (χ1) is 6.58. The summed E-state index contributed by atoms with van der Waals surface area (Å²) in [6, 6.07) is 4.32. The normalized spacial score (nSPS) is 10.9. The monoisotopic (exact) mass is 189 g/mol. The van der Waals surface area contributed by atoms with Crippen LogP contribution in [0.25, 0.3) is 10.9 Å². The van der Waals surface area contributed by atoms with E-state index in [0.29, 0.717) is 0 Å². The van der Waals surface area contributed by atoms with E-state index < -0.39 is 0 Å². The van der Waals surface area contributed by atoms with E-state index in [4.69, 9.17) is 0 Å². The van der Waals surface area contributed by atoms with Gasteiger partial charge in [0.05, 0.1) is 5.69 Å². The van der Waals surface area contributed by atoms with Crippen molar-refractivity contribution in [2.24, 2.45) is 7.05 Å². The van der Waals surface area contributed by atoms with Crippen molar-refractivity contribution in [3.05, 3.63) is 23.9 Å². The topological polar surface area (TPSA) is 21.1 Å². The minimum Gasteiger partial charge on any atom is -0.376 e. The fourth-order valence-corrected chi connectivity index (χ4v) is 1.72. The molecule has 1 aromatic heterocycles. The van der Waals surface area contributed by atoms with Crippen LogP contribution in [0.4, 0.5) is 5.69 Å². The maximum absolute atomic E-state index is 4.45. The zero-order chi connectivity index (χ0) is 10.3. The Hall–Kier alpha value is -1.51. The lowest BCUT2D eigenvalue weighted by atomic mass is 10.1. The van der Waals surface area contributed by atoms with Gasteiger partial charge < -0.3 is 4.90 Å². The molecule has 0 N–H and O–H groups in total. The highest BCUT2D eigenvalue weighted by molar-refractivity contribution is 5.91. The molecule has 0 atom stereocenters. The van der Waals surface area contributed by atoms with Crippen LogP contribution in [0.2, 0.25) is 0 Å². The van der Waals surface area contributed by atoms with Crippen molar-refractivity contribution in [2.45, 2.75) is 6.92 Å². The van der Waals surface area contributed by atoms with Crippen molar-refractivity contribution < 1.29 is 0 Å². The van der Waals surface area contributed by atoms with Crippen LogP contribution in [0, 0.1) is 6.92 Å². The van der Waals surface area contributed by atoms with E-state index in [1.54, 1.807) is 0 Å². The average molecular weight is 189 g/mol. The van der Waals surface area contributed by atoms with Crippen molar-refractivity contribution in [2.75, 3.05) is 19.0 Å². The Bertz CT molecular complexity index is 469. The molecular formula is C11H15N3. The van der Waals surface area contributed by atoms with Gasteiger partial charge in [0.2, 0.25) is 0 Å². The second kappa shape index (κ2) is 3.01. The summed E-state index contributed by atoms with van der Waals surface area (Å²) in [5.41, 5.74) is 3.53. The van der Waals surface area contributed by atoms with E-state index in [1.165, 1.54) is 16.6 Å². The zero-order valence-electron chi connectivity index (χ0n) is 9.07. The summed E-state index contributed by atoms with van der Waals surface area (Å²) in [4.78, 5) is 2.10. The molecule has 74 valence electrons. The summed E-state index contributed by atoms with van der Waals surface area (Å²) in [6.07, 6.45) is 2.05. The van der Waals surface area contributed by atoms with Gasteiger partial charge >= 0.3 is 0 Å². The lowest BCUT2D eigenvalue weighted by molar-refractivity contribution is 0.779. The van der Waals surface area contributed by atoms with E-state index in [0.717, 1.165) is 5.52 Å². The molecule has 0 amide bonds. The zero-order valence-corrected chi connectivity index (χ0v) is 9.07. The first-order valence-corrected chi connectivity index (χ1v) is 4.69. The van der Waals surface area contributed by atoms with Gasteiger partial charge in [-0.3, -0.25) is 4.68 Å². The summed E-state index contributed by atoms with van der Waals surface area (Å²) < 4.78 is 1.86. The number of aryl methyl sites for hydroxylation is 2. The molecule has 0 aliphatic heterocycles. The summed E-state index contributed by atoms with van der Waals surface area (Å²) >= 11 is 0. The molecule has 0 bridgehead atoms. The number of anilines is 1. The van der Waals surface area contributed by atoms with Gasteiger partial charge in [-0.15, -0.1) is 0 Å². The highest BCUT2D eigenvalue weighted by Crippen LogP contribution is 2.25. The molecule has 0 unspecified atom stereocenters. The Labute approximate surface area is 83.9 Å². The van der Waals surface area contributed by atoms with E-state index in [1.807, 2.05) is 25.8 Å². The fourth-order valence-electron chi connectivity index (χ4n) is 1.72. The second-order valence-electron chi connectivity index (χ2n) is 3.92. The Morgan fingerprint density at radius 2 is 2.00 bits per heavy atom. The molecule has 3 heteroatoms. The SMILES string of the molecule is Cc1cc(N(C)C)c2nn(C)cc2c1. The summed E-state index contributed by atoms with van der Waals surface area (Å²) in [5, 5.41) is 5.66. The predicted molar refractivity (Wildman–Crippen MR) is 59.8 cm³/mol. The highest BCUT2D eigenvalue weighted by Gasteiger charge is 2.07. The molecule has 14 heavy (non-hydrogen) atoms. The molecule has 1 aromatic carbocycles. The Morgan fingerprint density at radius 1 is 1.29 bits per heavy atom. The summed E-state index contributed by atoms with van der Waals surface area (Å²) in [6.45, 7) is 2.11. The number of hydrogen-bond acceptors (Lipinski definition) is 2. The van der Waals surface area contributed by atoms with Gasteiger partial charge in [0.15, 0.2) is 0 Å². The van der Waals surface area contributed by atoms with Gasteiger partial charge in [-0.25, -0.2) is 0 Å². The van der Waals surface area contributed by atoms with Crippen LogP contribution in [-0.2, 0) is 7.05 Å². The van der Waals surface area contributed by atoms with E-state index in [-0.39, 0.29) is 0 Å². The van der Waals surface area contributed by atoms with Gasteiger partial charge in [-0.05, 0) is 24.6 Å². The number of nitrogens with zero attached hydrogens (tertiary/aromatic N) is 3. The van der Waals surface area contributed by atoms with Crippen molar-refractivity contribution >= 4 is 16.6 Å². The van der Waals surface area contributed by atoms with Gasteiger partial charge in [0.1, 0.15) is 5.52 Å². The first kappa shape index (κ1) is 9.06. The third-order valence-electron chi connectivity index (χ3n) is 2.33. The molecule has 0 fully saturated rings. The molecule has 0 saturated heterocycles. The minimum atomic E-state index is 1.07. The molecule has 0 saturated carbocycles. The summed E-state index contributed by atoms with van der Waals surface area (Å²) in [7, 11) is 6.04. The van der Waals surface area contributed by atoms with Crippen molar-refractivity contribution in [3.8, 4) is 0 Å². The maximum Gasteiger partial charge on any atom is 0.116 e. The molecule has 0 spiro atoms. The van der Waals surface area contributed by atoms with Crippen LogP contribution in [0.3, 0.4) is 0 Å². The van der Waals surface area contributed by atoms with E-state index in [2.05, 4.69) is 35.3 Å². The van der Waals surface area contributed by atoms with E-state index in [9.17, 15) is 0 Å². The quantitative estimate of drug-likeness (QED) is 0.683. The third-order valence-corrected chi connectivity index (χ3v) is 2.33. The predicted octanol–water partition coefficient (Wildman–Crippen LogP) is 1.95. The minimum absolute atomic E-state index is 1.07.